The van der Waals surface area contributed by atoms with Gasteiger partial charge in [-0.05, 0) is 90.6 Å². The fourth-order valence-corrected chi connectivity index (χ4v) is 5.92. The summed E-state index contributed by atoms with van der Waals surface area (Å²) in [5, 5.41) is 3.80. The number of aryl methyl sites for hydroxylation is 1. The largest absolute Gasteiger partial charge is 0.492 e. The molecule has 0 saturated heterocycles. The van der Waals surface area contributed by atoms with Crippen molar-refractivity contribution < 1.29 is 14.3 Å². The third-order valence-electron chi connectivity index (χ3n) is 5.28. The lowest BCUT2D eigenvalue weighted by Gasteiger charge is -2.13. The molecule has 4 rings (SSSR count). The molecule has 0 saturated carbocycles. The van der Waals surface area contributed by atoms with E-state index in [2.05, 4.69) is 27.9 Å². The summed E-state index contributed by atoms with van der Waals surface area (Å²) in [7, 11) is 1.64. The number of hydrogen-bond donors (Lipinski definition) is 1. The van der Waals surface area contributed by atoms with Crippen LogP contribution < -0.4 is 14.8 Å². The molecule has 1 aliphatic carbocycles. The molecule has 0 radical (unpaired) electrons. The number of halogens is 1. The third kappa shape index (κ3) is 4.99. The molecule has 3 aromatic rings. The van der Waals surface area contributed by atoms with Crippen LogP contribution in [0.25, 0.3) is 0 Å². The normalized spacial score (nSPS) is 13.1. The van der Waals surface area contributed by atoms with Gasteiger partial charge in [-0.1, -0.05) is 18.2 Å². The Hall–Kier alpha value is -2.39. The number of amides is 1. The lowest BCUT2D eigenvalue weighted by molar-refractivity contribution is 0.102. The maximum absolute atomic E-state index is 13.2. The van der Waals surface area contributed by atoms with Gasteiger partial charge >= 0.3 is 0 Å². The summed E-state index contributed by atoms with van der Waals surface area (Å²) >= 11 is 3.87. The lowest BCUT2D eigenvalue weighted by Crippen LogP contribution is -2.14. The molecular formula is C25H25IN2O3S. The third-order valence-corrected chi connectivity index (χ3v) is 7.28. The molecule has 1 heterocycles. The van der Waals surface area contributed by atoms with Gasteiger partial charge in [0.15, 0.2) is 11.5 Å². The van der Waals surface area contributed by atoms with Crippen LogP contribution in [-0.4, -0.2) is 25.8 Å². The van der Waals surface area contributed by atoms with Crippen LogP contribution in [0.2, 0.25) is 0 Å². The Morgan fingerprint density at radius 3 is 2.75 bits per heavy atom. The predicted octanol–water partition coefficient (Wildman–Crippen LogP) is 6.64. The van der Waals surface area contributed by atoms with E-state index in [1.54, 1.807) is 24.7 Å². The van der Waals surface area contributed by atoms with Gasteiger partial charge in [-0.25, -0.2) is 4.99 Å². The summed E-state index contributed by atoms with van der Waals surface area (Å²) in [5.74, 6) is 1.32. The quantitative estimate of drug-likeness (QED) is 0.260. The summed E-state index contributed by atoms with van der Waals surface area (Å²) in [4.78, 5) is 19.3. The van der Waals surface area contributed by atoms with E-state index in [1.807, 2.05) is 49.4 Å². The maximum Gasteiger partial charge on any atom is 0.259 e. The fraction of sp³-hybridized carbons (Fsp3) is 0.280. The minimum Gasteiger partial charge on any atom is -0.492 e. The predicted molar refractivity (Wildman–Crippen MR) is 139 cm³/mol. The maximum atomic E-state index is 13.2. The van der Waals surface area contributed by atoms with Crippen LogP contribution in [0.15, 0.2) is 47.5 Å². The topological polar surface area (TPSA) is 59.9 Å². The zero-order valence-corrected chi connectivity index (χ0v) is 21.1. The second kappa shape index (κ2) is 10.5. The minimum atomic E-state index is -0.0953. The van der Waals surface area contributed by atoms with Crippen molar-refractivity contribution in [2.45, 2.75) is 32.6 Å². The van der Waals surface area contributed by atoms with E-state index in [0.29, 0.717) is 17.9 Å². The highest BCUT2D eigenvalue weighted by molar-refractivity contribution is 14.1. The Bertz CT molecular complexity index is 1140. The number of rotatable bonds is 7. The molecule has 0 spiro atoms. The molecule has 7 heteroatoms. The van der Waals surface area contributed by atoms with Crippen molar-refractivity contribution in [2.75, 3.05) is 19.0 Å². The Labute approximate surface area is 206 Å². The van der Waals surface area contributed by atoms with Gasteiger partial charge in [0.05, 0.1) is 22.9 Å². The molecular weight excluding hydrogens is 535 g/mol. The number of aliphatic imine (C=N–C) groups is 1. The molecule has 5 nitrogen and oxygen atoms in total. The standard InChI is InChI=1S/C25H25IN2O3S/c1-3-31-20-14-16(13-19(26)23(20)30-2)15-27-25-22(18-11-7-8-12-21(18)32-25)24(29)28-17-9-5-4-6-10-17/h4-6,9-10,13-15H,3,7-8,11-12H2,1-2H3,(H,28,29). The Morgan fingerprint density at radius 1 is 1.22 bits per heavy atom. The van der Waals surface area contributed by atoms with E-state index in [1.165, 1.54) is 4.88 Å². The van der Waals surface area contributed by atoms with E-state index in [-0.39, 0.29) is 5.91 Å². The smallest absolute Gasteiger partial charge is 0.259 e. The van der Waals surface area contributed by atoms with Crippen LogP contribution in [-0.2, 0) is 12.8 Å². The number of anilines is 1. The van der Waals surface area contributed by atoms with Crippen LogP contribution in [0.1, 0.15) is 46.1 Å². The first-order valence-corrected chi connectivity index (χ1v) is 12.6. The molecule has 1 aliphatic rings. The molecule has 1 aromatic heterocycles. The number of nitrogens with one attached hydrogen (secondary N) is 1. The fourth-order valence-electron chi connectivity index (χ4n) is 3.85. The average molecular weight is 560 g/mol. The number of thiophene rings is 1. The van der Waals surface area contributed by atoms with Gasteiger partial charge in [0.25, 0.3) is 5.91 Å². The van der Waals surface area contributed by atoms with Gasteiger partial charge < -0.3 is 14.8 Å². The first-order chi connectivity index (χ1) is 15.6. The van der Waals surface area contributed by atoms with Gasteiger partial charge in [-0.3, -0.25) is 4.79 Å². The summed E-state index contributed by atoms with van der Waals surface area (Å²) < 4.78 is 12.2. The van der Waals surface area contributed by atoms with Gasteiger partial charge in [0, 0.05) is 16.8 Å². The van der Waals surface area contributed by atoms with Crippen LogP contribution in [0.4, 0.5) is 10.7 Å². The van der Waals surface area contributed by atoms with Gasteiger partial charge in [-0.15, -0.1) is 11.3 Å². The van der Waals surface area contributed by atoms with Crippen molar-refractivity contribution in [2.24, 2.45) is 4.99 Å². The van der Waals surface area contributed by atoms with Gasteiger partial charge in [0.1, 0.15) is 5.00 Å². The number of carbonyl (C=O) groups is 1. The summed E-state index contributed by atoms with van der Waals surface area (Å²) in [5.41, 5.74) is 3.55. The second-order valence-electron chi connectivity index (χ2n) is 7.44. The molecule has 0 bridgehead atoms. The van der Waals surface area contributed by atoms with Crippen molar-refractivity contribution in [3.8, 4) is 11.5 Å². The van der Waals surface area contributed by atoms with Crippen LogP contribution >= 0.6 is 33.9 Å². The number of hydrogen-bond acceptors (Lipinski definition) is 5. The van der Waals surface area contributed by atoms with Crippen molar-refractivity contribution >= 4 is 56.7 Å². The van der Waals surface area contributed by atoms with Crippen molar-refractivity contribution in [1.29, 1.82) is 0 Å². The number of methoxy groups -OCH3 is 1. The average Bonchev–Trinajstić information content (AvgIpc) is 3.17. The first-order valence-electron chi connectivity index (χ1n) is 10.7. The van der Waals surface area contributed by atoms with E-state index >= 15 is 0 Å². The van der Waals surface area contributed by atoms with Crippen molar-refractivity contribution in [3.63, 3.8) is 0 Å². The molecule has 0 fully saturated rings. The highest BCUT2D eigenvalue weighted by Gasteiger charge is 2.25. The van der Waals surface area contributed by atoms with Crippen LogP contribution in [0.5, 0.6) is 11.5 Å². The Balaban J connectivity index is 1.69. The second-order valence-corrected chi connectivity index (χ2v) is 9.68. The zero-order valence-electron chi connectivity index (χ0n) is 18.1. The highest BCUT2D eigenvalue weighted by atomic mass is 127. The number of carbonyl (C=O) groups excluding carboxylic acids is 1. The highest BCUT2D eigenvalue weighted by Crippen LogP contribution is 2.40. The van der Waals surface area contributed by atoms with Gasteiger partial charge in [0.2, 0.25) is 0 Å². The molecule has 0 aliphatic heterocycles. The van der Waals surface area contributed by atoms with E-state index in [9.17, 15) is 4.79 Å². The minimum absolute atomic E-state index is 0.0953. The molecule has 0 atom stereocenters. The monoisotopic (exact) mass is 560 g/mol. The molecule has 32 heavy (non-hydrogen) atoms. The summed E-state index contributed by atoms with van der Waals surface area (Å²) in [6.07, 6.45) is 6.00. The van der Waals surface area contributed by atoms with Crippen molar-refractivity contribution in [1.82, 2.24) is 0 Å². The number of fused-ring (bicyclic) bond motifs is 1. The van der Waals surface area contributed by atoms with Crippen LogP contribution in [0.3, 0.4) is 0 Å². The Kier molecular flexibility index (Phi) is 7.47. The number of para-hydroxylation sites is 1. The molecule has 2 aromatic carbocycles. The number of benzene rings is 2. The van der Waals surface area contributed by atoms with Crippen molar-refractivity contribution in [3.05, 3.63) is 67.6 Å². The number of ether oxygens (including phenoxy) is 2. The molecule has 166 valence electrons. The van der Waals surface area contributed by atoms with Gasteiger partial charge in [-0.2, -0.15) is 0 Å². The lowest BCUT2D eigenvalue weighted by atomic mass is 9.95. The first kappa shape index (κ1) is 22.8. The van der Waals surface area contributed by atoms with E-state index < -0.39 is 0 Å². The van der Waals surface area contributed by atoms with E-state index in [0.717, 1.165) is 56.8 Å². The molecule has 1 N–H and O–H groups in total. The van der Waals surface area contributed by atoms with Crippen LogP contribution in [0, 0.1) is 3.57 Å². The Morgan fingerprint density at radius 2 is 2.00 bits per heavy atom. The zero-order chi connectivity index (χ0) is 22.5. The number of nitrogens with zero attached hydrogens (tertiary/aromatic N) is 1. The summed E-state index contributed by atoms with van der Waals surface area (Å²) in [6, 6.07) is 13.5. The SMILES string of the molecule is CCOc1cc(C=Nc2sc3c(c2C(=O)Nc2ccccc2)CCCC3)cc(I)c1OC. The molecule has 0 unspecified atom stereocenters. The van der Waals surface area contributed by atoms with E-state index in [4.69, 9.17) is 14.5 Å². The molecule has 1 amide bonds. The summed E-state index contributed by atoms with van der Waals surface area (Å²) in [6.45, 7) is 2.50.